The molecule has 1 N–H and O–H groups in total. The Balaban J connectivity index is 2.15. The lowest BCUT2D eigenvalue weighted by atomic mass is 10.1. The highest BCUT2D eigenvalue weighted by Crippen LogP contribution is 2.21. The average Bonchev–Trinajstić information content (AvgIpc) is 2.56. The molecule has 0 aliphatic heterocycles. The maximum atomic E-state index is 5.63. The quantitative estimate of drug-likeness (QED) is 0.816. The highest BCUT2D eigenvalue weighted by Gasteiger charge is 2.18. The molecule has 1 aromatic heterocycles. The molecule has 1 heterocycles. The van der Waals surface area contributed by atoms with Crippen molar-refractivity contribution in [3.63, 3.8) is 0 Å². The first-order valence-corrected chi connectivity index (χ1v) is 8.06. The average molecular weight is 329 g/mol. The van der Waals surface area contributed by atoms with Crippen molar-refractivity contribution >= 4 is 23.0 Å². The van der Waals surface area contributed by atoms with Gasteiger partial charge in [-0.05, 0) is 55.4 Å². The summed E-state index contributed by atoms with van der Waals surface area (Å²) in [6, 6.07) is 12.3. The number of aryl methyl sites for hydroxylation is 1. The maximum absolute atomic E-state index is 5.63. The van der Waals surface area contributed by atoms with Gasteiger partial charge >= 0.3 is 0 Å². The zero-order valence-corrected chi connectivity index (χ0v) is 14.6. The van der Waals surface area contributed by atoms with E-state index in [2.05, 4.69) is 47.2 Å². The fourth-order valence-electron chi connectivity index (χ4n) is 2.38. The van der Waals surface area contributed by atoms with Crippen molar-refractivity contribution in [2.24, 2.45) is 0 Å². The van der Waals surface area contributed by atoms with E-state index in [0.717, 1.165) is 11.3 Å². The summed E-state index contributed by atoms with van der Waals surface area (Å²) in [4.78, 5) is 6.32. The number of pyridine rings is 1. The van der Waals surface area contributed by atoms with Crippen LogP contribution >= 0.6 is 12.2 Å². The van der Waals surface area contributed by atoms with Gasteiger partial charge in [0.25, 0.3) is 0 Å². The number of hydrogen-bond donors (Lipinski definition) is 1. The van der Waals surface area contributed by atoms with Crippen molar-refractivity contribution in [1.82, 2.24) is 9.88 Å². The zero-order chi connectivity index (χ0) is 16.7. The molecule has 2 aromatic rings. The van der Waals surface area contributed by atoms with Gasteiger partial charge in [0.1, 0.15) is 0 Å². The van der Waals surface area contributed by atoms with Gasteiger partial charge in [0, 0.05) is 31.7 Å². The molecule has 0 unspecified atom stereocenters. The number of hydrogen-bond acceptors (Lipinski definition) is 3. The summed E-state index contributed by atoms with van der Waals surface area (Å²) in [5.74, 6) is 0. The second-order valence-corrected chi connectivity index (χ2v) is 5.83. The molecular formula is C18H23N3OS. The van der Waals surface area contributed by atoms with Gasteiger partial charge < -0.3 is 15.0 Å². The Morgan fingerprint density at radius 1 is 1.35 bits per heavy atom. The van der Waals surface area contributed by atoms with Crippen LogP contribution in [0.3, 0.4) is 0 Å². The van der Waals surface area contributed by atoms with Gasteiger partial charge in [-0.1, -0.05) is 18.2 Å². The van der Waals surface area contributed by atoms with Crippen molar-refractivity contribution in [2.45, 2.75) is 19.9 Å². The number of anilines is 1. The second-order valence-electron chi connectivity index (χ2n) is 5.45. The van der Waals surface area contributed by atoms with Crippen LogP contribution in [-0.2, 0) is 4.74 Å². The van der Waals surface area contributed by atoms with Crippen molar-refractivity contribution in [3.05, 3.63) is 59.9 Å². The molecule has 0 bridgehead atoms. The lowest BCUT2D eigenvalue weighted by Crippen LogP contribution is -2.39. The number of nitrogens with zero attached hydrogens (tertiary/aromatic N) is 2. The van der Waals surface area contributed by atoms with E-state index in [1.54, 1.807) is 13.3 Å². The highest BCUT2D eigenvalue weighted by atomic mass is 32.1. The molecule has 5 heteroatoms. The van der Waals surface area contributed by atoms with Crippen molar-refractivity contribution in [3.8, 4) is 0 Å². The molecule has 0 saturated heterocycles. The van der Waals surface area contributed by atoms with E-state index in [9.17, 15) is 0 Å². The Kier molecular flexibility index (Phi) is 6.50. The number of ether oxygens (including phenoxy) is 1. The summed E-state index contributed by atoms with van der Waals surface area (Å²) >= 11 is 5.63. The van der Waals surface area contributed by atoms with Gasteiger partial charge in [-0.15, -0.1) is 0 Å². The summed E-state index contributed by atoms with van der Waals surface area (Å²) in [5, 5.41) is 4.01. The van der Waals surface area contributed by atoms with Crippen LogP contribution in [0.4, 0.5) is 5.69 Å². The number of methoxy groups -OCH3 is 1. The van der Waals surface area contributed by atoms with E-state index in [1.807, 2.05) is 24.4 Å². The van der Waals surface area contributed by atoms with Gasteiger partial charge in [0.05, 0.1) is 12.6 Å². The van der Waals surface area contributed by atoms with Crippen molar-refractivity contribution in [1.29, 1.82) is 0 Å². The fourth-order valence-corrected chi connectivity index (χ4v) is 2.75. The smallest absolute Gasteiger partial charge is 0.174 e. The van der Waals surface area contributed by atoms with Crippen molar-refractivity contribution in [2.75, 3.05) is 25.6 Å². The summed E-state index contributed by atoms with van der Waals surface area (Å²) in [6.45, 7) is 5.51. The largest absolute Gasteiger partial charge is 0.383 e. The number of aromatic nitrogens is 1. The first kappa shape index (κ1) is 17.4. The number of thiocarbonyl (C=S) groups is 1. The summed E-state index contributed by atoms with van der Waals surface area (Å²) < 4.78 is 5.23. The van der Waals surface area contributed by atoms with Gasteiger partial charge in [0.15, 0.2) is 5.11 Å². The number of nitrogens with one attached hydrogen (secondary N) is 1. The summed E-state index contributed by atoms with van der Waals surface area (Å²) in [7, 11) is 1.70. The third-order valence-electron chi connectivity index (χ3n) is 3.70. The first-order valence-electron chi connectivity index (χ1n) is 7.65. The Bertz CT molecular complexity index is 633. The Hall–Kier alpha value is -1.98. The molecule has 0 spiro atoms. The predicted molar refractivity (Wildman–Crippen MR) is 98.6 cm³/mol. The van der Waals surface area contributed by atoms with Gasteiger partial charge in [-0.25, -0.2) is 0 Å². The van der Waals surface area contributed by atoms with E-state index in [-0.39, 0.29) is 6.04 Å². The van der Waals surface area contributed by atoms with E-state index in [1.165, 1.54) is 5.56 Å². The van der Waals surface area contributed by atoms with E-state index in [0.29, 0.717) is 18.3 Å². The van der Waals surface area contributed by atoms with Crippen LogP contribution in [0.5, 0.6) is 0 Å². The molecule has 0 fully saturated rings. The monoisotopic (exact) mass is 329 g/mol. The standard InChI is InChI=1S/C18H23N3OS/c1-14-6-4-8-17(12-14)20-18(23)21(10-11-22-3)15(2)16-7-5-9-19-13-16/h4-9,12-13,15H,10-11H2,1-3H3,(H,20,23)/t15-/m1/s1. The van der Waals surface area contributed by atoms with Crippen LogP contribution < -0.4 is 5.32 Å². The van der Waals surface area contributed by atoms with Crippen LogP contribution in [0.1, 0.15) is 24.1 Å². The van der Waals surface area contributed by atoms with E-state index >= 15 is 0 Å². The molecular weight excluding hydrogens is 306 g/mol. The van der Waals surface area contributed by atoms with Crippen LogP contribution in [0.15, 0.2) is 48.8 Å². The Morgan fingerprint density at radius 2 is 2.17 bits per heavy atom. The predicted octanol–water partition coefficient (Wildman–Crippen LogP) is 3.80. The first-order chi connectivity index (χ1) is 11.1. The molecule has 1 aromatic carbocycles. The lowest BCUT2D eigenvalue weighted by molar-refractivity contribution is 0.165. The van der Waals surface area contributed by atoms with Gasteiger partial charge in [-0.3, -0.25) is 4.98 Å². The fraction of sp³-hybridized carbons (Fsp3) is 0.333. The van der Waals surface area contributed by atoms with E-state index in [4.69, 9.17) is 17.0 Å². The molecule has 2 rings (SSSR count). The lowest BCUT2D eigenvalue weighted by Gasteiger charge is -2.32. The molecule has 1 atom stereocenters. The minimum absolute atomic E-state index is 0.114. The highest BCUT2D eigenvalue weighted by molar-refractivity contribution is 7.80. The van der Waals surface area contributed by atoms with Gasteiger partial charge in [-0.2, -0.15) is 0 Å². The minimum Gasteiger partial charge on any atom is -0.383 e. The van der Waals surface area contributed by atoms with Crippen LogP contribution in [-0.4, -0.2) is 35.3 Å². The van der Waals surface area contributed by atoms with Crippen LogP contribution in [0.25, 0.3) is 0 Å². The molecule has 0 aliphatic carbocycles. The number of rotatable bonds is 6. The molecule has 4 nitrogen and oxygen atoms in total. The molecule has 23 heavy (non-hydrogen) atoms. The minimum atomic E-state index is 0.114. The zero-order valence-electron chi connectivity index (χ0n) is 13.8. The van der Waals surface area contributed by atoms with Crippen LogP contribution in [0.2, 0.25) is 0 Å². The SMILES string of the molecule is COCCN(C(=S)Nc1cccc(C)c1)[C@H](C)c1cccnc1. The molecule has 0 amide bonds. The van der Waals surface area contributed by atoms with E-state index < -0.39 is 0 Å². The molecule has 0 aliphatic rings. The normalized spacial score (nSPS) is 11.8. The Labute approximate surface area is 143 Å². The topological polar surface area (TPSA) is 37.4 Å². The molecule has 0 saturated carbocycles. The third kappa shape index (κ3) is 5.01. The molecule has 0 radical (unpaired) electrons. The van der Waals surface area contributed by atoms with Gasteiger partial charge in [0.2, 0.25) is 0 Å². The summed E-state index contributed by atoms with van der Waals surface area (Å²) in [5.41, 5.74) is 3.31. The maximum Gasteiger partial charge on any atom is 0.174 e. The third-order valence-corrected chi connectivity index (χ3v) is 4.04. The summed E-state index contributed by atoms with van der Waals surface area (Å²) in [6.07, 6.45) is 3.65. The van der Waals surface area contributed by atoms with Crippen molar-refractivity contribution < 1.29 is 4.74 Å². The second kappa shape index (κ2) is 8.60. The van der Waals surface area contributed by atoms with Crippen LogP contribution in [0, 0.1) is 6.92 Å². The Morgan fingerprint density at radius 3 is 2.83 bits per heavy atom. The number of benzene rings is 1. The molecule has 122 valence electrons.